The Balaban J connectivity index is 2.44. The van der Waals surface area contributed by atoms with E-state index in [0.29, 0.717) is 5.75 Å². The van der Waals surface area contributed by atoms with Gasteiger partial charge in [0.2, 0.25) is 9.84 Å². The highest BCUT2D eigenvalue weighted by atomic mass is 32.2. The molecule has 0 radical (unpaired) electrons. The van der Waals surface area contributed by atoms with Crippen molar-refractivity contribution in [2.45, 2.75) is 9.79 Å². The van der Waals surface area contributed by atoms with Gasteiger partial charge < -0.3 is 9.84 Å². The van der Waals surface area contributed by atoms with Gasteiger partial charge in [-0.05, 0) is 36.4 Å². The first-order valence-electron chi connectivity index (χ1n) is 5.20. The van der Waals surface area contributed by atoms with Gasteiger partial charge in [0.25, 0.3) is 0 Å². The molecule has 0 aromatic heterocycles. The molecular weight excluding hydrogens is 252 g/mol. The van der Waals surface area contributed by atoms with Crippen molar-refractivity contribution >= 4 is 9.84 Å². The molecular formula is C13H11O4S-. The van der Waals surface area contributed by atoms with Crippen LogP contribution in [0.3, 0.4) is 0 Å². The molecule has 0 saturated carbocycles. The van der Waals surface area contributed by atoms with E-state index in [9.17, 15) is 13.5 Å². The Labute approximate surface area is 105 Å². The zero-order chi connectivity index (χ0) is 13.2. The predicted octanol–water partition coefficient (Wildman–Crippen LogP) is 1.60. The molecule has 0 atom stereocenters. The summed E-state index contributed by atoms with van der Waals surface area (Å²) in [6, 6.07) is 11.2. The maximum Gasteiger partial charge on any atom is 0.206 e. The van der Waals surface area contributed by atoms with Gasteiger partial charge in [0.1, 0.15) is 5.75 Å². The molecule has 18 heavy (non-hydrogen) atoms. The predicted molar refractivity (Wildman–Crippen MR) is 64.3 cm³/mol. The monoisotopic (exact) mass is 263 g/mol. The first-order valence-corrected chi connectivity index (χ1v) is 6.68. The average Bonchev–Trinajstić information content (AvgIpc) is 2.39. The molecule has 0 aliphatic heterocycles. The molecule has 2 aromatic carbocycles. The summed E-state index contributed by atoms with van der Waals surface area (Å²) in [4.78, 5) is 0.272. The van der Waals surface area contributed by atoms with E-state index >= 15 is 0 Å². The van der Waals surface area contributed by atoms with Gasteiger partial charge >= 0.3 is 0 Å². The minimum Gasteiger partial charge on any atom is -0.872 e. The van der Waals surface area contributed by atoms with Crippen molar-refractivity contribution in [3.63, 3.8) is 0 Å². The third kappa shape index (κ3) is 2.31. The van der Waals surface area contributed by atoms with Crippen LogP contribution in [0.1, 0.15) is 0 Å². The highest BCUT2D eigenvalue weighted by Crippen LogP contribution is 2.23. The van der Waals surface area contributed by atoms with Crippen molar-refractivity contribution in [2.75, 3.05) is 7.11 Å². The largest absolute Gasteiger partial charge is 0.872 e. The van der Waals surface area contributed by atoms with Crippen LogP contribution in [0.4, 0.5) is 0 Å². The highest BCUT2D eigenvalue weighted by molar-refractivity contribution is 7.91. The number of hydrogen-bond acceptors (Lipinski definition) is 4. The Morgan fingerprint density at radius 1 is 0.889 bits per heavy atom. The first-order chi connectivity index (χ1) is 8.54. The molecule has 2 aromatic rings. The molecule has 0 amide bonds. The zero-order valence-corrected chi connectivity index (χ0v) is 10.5. The molecule has 0 spiro atoms. The van der Waals surface area contributed by atoms with E-state index in [1.54, 1.807) is 12.1 Å². The lowest BCUT2D eigenvalue weighted by atomic mass is 10.3. The van der Waals surface area contributed by atoms with E-state index in [1.165, 1.54) is 43.5 Å². The van der Waals surface area contributed by atoms with Crippen molar-refractivity contribution in [2.24, 2.45) is 0 Å². The lowest BCUT2D eigenvalue weighted by Gasteiger charge is -2.08. The van der Waals surface area contributed by atoms with Gasteiger partial charge in [-0.25, -0.2) is 8.42 Å². The van der Waals surface area contributed by atoms with E-state index in [2.05, 4.69) is 0 Å². The summed E-state index contributed by atoms with van der Waals surface area (Å²) in [7, 11) is -2.06. The van der Waals surface area contributed by atoms with Crippen LogP contribution in [-0.4, -0.2) is 15.5 Å². The first kappa shape index (κ1) is 12.4. The number of methoxy groups -OCH3 is 1. The molecule has 0 heterocycles. The molecule has 0 N–H and O–H groups in total. The van der Waals surface area contributed by atoms with Crippen LogP contribution in [0.5, 0.6) is 11.5 Å². The van der Waals surface area contributed by atoms with E-state index in [-0.39, 0.29) is 15.5 Å². The van der Waals surface area contributed by atoms with Crippen molar-refractivity contribution in [1.82, 2.24) is 0 Å². The Morgan fingerprint density at radius 2 is 1.33 bits per heavy atom. The van der Waals surface area contributed by atoms with E-state index in [4.69, 9.17) is 4.74 Å². The number of sulfone groups is 1. The van der Waals surface area contributed by atoms with Crippen molar-refractivity contribution in [1.29, 1.82) is 0 Å². The second kappa shape index (κ2) is 4.70. The van der Waals surface area contributed by atoms with E-state index < -0.39 is 9.84 Å². The summed E-state index contributed by atoms with van der Waals surface area (Å²) in [6.45, 7) is 0. The second-order valence-electron chi connectivity index (χ2n) is 3.65. The lowest BCUT2D eigenvalue weighted by Crippen LogP contribution is -2.02. The van der Waals surface area contributed by atoms with Crippen molar-refractivity contribution in [3.05, 3.63) is 48.5 Å². The zero-order valence-electron chi connectivity index (χ0n) is 9.66. The Morgan fingerprint density at radius 3 is 1.78 bits per heavy atom. The highest BCUT2D eigenvalue weighted by Gasteiger charge is 2.16. The van der Waals surface area contributed by atoms with E-state index in [1.807, 2.05) is 0 Å². The van der Waals surface area contributed by atoms with Crippen LogP contribution in [0.25, 0.3) is 0 Å². The minimum atomic E-state index is -3.58. The van der Waals surface area contributed by atoms with Crippen LogP contribution in [0.2, 0.25) is 0 Å². The molecule has 2 rings (SSSR count). The number of hydrogen-bond donors (Lipinski definition) is 0. The molecule has 4 nitrogen and oxygen atoms in total. The fraction of sp³-hybridized carbons (Fsp3) is 0.0769. The summed E-state index contributed by atoms with van der Waals surface area (Å²) >= 11 is 0. The lowest BCUT2D eigenvalue weighted by molar-refractivity contribution is -0.268. The maximum absolute atomic E-state index is 12.2. The molecule has 0 saturated heterocycles. The Kier molecular flexibility index (Phi) is 3.25. The summed E-state index contributed by atoms with van der Waals surface area (Å²) in [5, 5.41) is 11.0. The molecule has 5 heteroatoms. The smallest absolute Gasteiger partial charge is 0.206 e. The Hall–Kier alpha value is -2.01. The average molecular weight is 263 g/mol. The summed E-state index contributed by atoms with van der Waals surface area (Å²) < 4.78 is 29.4. The summed E-state index contributed by atoms with van der Waals surface area (Å²) in [5.41, 5.74) is 0. The van der Waals surface area contributed by atoms with Crippen LogP contribution < -0.4 is 9.84 Å². The third-order valence-electron chi connectivity index (χ3n) is 2.50. The number of benzene rings is 2. The molecule has 0 aliphatic rings. The molecule has 94 valence electrons. The maximum atomic E-state index is 12.2. The minimum absolute atomic E-state index is 0.104. The van der Waals surface area contributed by atoms with Gasteiger partial charge in [-0.15, -0.1) is 5.75 Å². The number of ether oxygens (including phenoxy) is 1. The molecule has 0 bridgehead atoms. The number of rotatable bonds is 3. The standard InChI is InChI=1S/C13H12O4S/c1-17-11-4-8-13(9-5-11)18(15,16)12-6-2-10(14)3-7-12/h2-9,14H,1H3/p-1. The van der Waals surface area contributed by atoms with Crippen LogP contribution in [0, 0.1) is 0 Å². The SMILES string of the molecule is COc1ccc(S(=O)(=O)c2ccc([O-])cc2)cc1. The third-order valence-corrected chi connectivity index (χ3v) is 4.29. The molecule has 0 fully saturated rings. The summed E-state index contributed by atoms with van der Waals surface area (Å²) in [5.74, 6) is 0.368. The van der Waals surface area contributed by atoms with Gasteiger partial charge in [0.15, 0.2) is 0 Å². The van der Waals surface area contributed by atoms with Gasteiger partial charge in [-0.3, -0.25) is 0 Å². The second-order valence-corrected chi connectivity index (χ2v) is 5.60. The summed E-state index contributed by atoms with van der Waals surface area (Å²) in [6.07, 6.45) is 0. The van der Waals surface area contributed by atoms with Crippen molar-refractivity contribution in [3.8, 4) is 11.5 Å². The van der Waals surface area contributed by atoms with Crippen LogP contribution >= 0.6 is 0 Å². The fourth-order valence-electron chi connectivity index (χ4n) is 1.51. The van der Waals surface area contributed by atoms with Gasteiger partial charge in [0, 0.05) is 0 Å². The van der Waals surface area contributed by atoms with Gasteiger partial charge in [-0.1, -0.05) is 12.1 Å². The fourth-order valence-corrected chi connectivity index (χ4v) is 2.77. The topological polar surface area (TPSA) is 66.4 Å². The Bertz CT molecular complexity index is 628. The quantitative estimate of drug-likeness (QED) is 0.843. The molecule has 0 unspecified atom stereocenters. The normalized spacial score (nSPS) is 11.2. The molecule has 0 aliphatic carbocycles. The van der Waals surface area contributed by atoms with Crippen LogP contribution in [-0.2, 0) is 9.84 Å². The van der Waals surface area contributed by atoms with E-state index in [0.717, 1.165) is 0 Å². The van der Waals surface area contributed by atoms with Gasteiger partial charge in [-0.2, -0.15) is 0 Å². The van der Waals surface area contributed by atoms with Gasteiger partial charge in [0.05, 0.1) is 16.9 Å². The van der Waals surface area contributed by atoms with Crippen LogP contribution in [0.15, 0.2) is 58.3 Å². The van der Waals surface area contributed by atoms with Crippen molar-refractivity contribution < 1.29 is 18.3 Å².